The standard InChI is InChI=1S/C23H26O3S/c1-16(2)18-14-20(26-22(24)17-10-6-4-7-11-17)23(3,25)21(15-18)27-19-12-8-5-9-13-19/h4-13,18,20-21,25H,1,14-15H2,2-3H3/t18-,20+,21+,23+/m1/s1. The maximum atomic E-state index is 12.6. The number of esters is 1. The van der Waals surface area contributed by atoms with Gasteiger partial charge in [-0.15, -0.1) is 11.8 Å². The molecule has 0 aliphatic heterocycles. The van der Waals surface area contributed by atoms with E-state index in [2.05, 4.69) is 6.58 Å². The van der Waals surface area contributed by atoms with Crippen molar-refractivity contribution < 1.29 is 14.6 Å². The highest BCUT2D eigenvalue weighted by Crippen LogP contribution is 2.45. The number of benzene rings is 2. The zero-order valence-electron chi connectivity index (χ0n) is 15.8. The Hall–Kier alpha value is -2.04. The van der Waals surface area contributed by atoms with Crippen LogP contribution in [0.5, 0.6) is 0 Å². The molecule has 0 aromatic heterocycles. The fourth-order valence-electron chi connectivity index (χ4n) is 3.47. The highest BCUT2D eigenvalue weighted by Gasteiger charge is 2.48. The first-order chi connectivity index (χ1) is 12.9. The van der Waals surface area contributed by atoms with Crippen LogP contribution in [0.25, 0.3) is 0 Å². The quantitative estimate of drug-likeness (QED) is 0.577. The first-order valence-corrected chi connectivity index (χ1v) is 10.1. The molecule has 2 aromatic carbocycles. The Morgan fingerprint density at radius 1 is 1.11 bits per heavy atom. The lowest BCUT2D eigenvalue weighted by Crippen LogP contribution is -2.55. The van der Waals surface area contributed by atoms with Crippen LogP contribution in [0.15, 0.2) is 77.7 Å². The number of hydrogen-bond acceptors (Lipinski definition) is 4. The van der Waals surface area contributed by atoms with E-state index in [1.165, 1.54) is 0 Å². The molecule has 1 saturated carbocycles. The summed E-state index contributed by atoms with van der Waals surface area (Å²) in [7, 11) is 0. The van der Waals surface area contributed by atoms with Gasteiger partial charge in [0.15, 0.2) is 0 Å². The Labute approximate surface area is 165 Å². The molecule has 2 aromatic rings. The lowest BCUT2D eigenvalue weighted by atomic mass is 9.75. The normalized spacial score (nSPS) is 27.7. The molecule has 3 nitrogen and oxygen atoms in total. The van der Waals surface area contributed by atoms with Gasteiger partial charge in [0.1, 0.15) is 11.7 Å². The molecule has 0 bridgehead atoms. The lowest BCUT2D eigenvalue weighted by Gasteiger charge is -2.45. The third-order valence-corrected chi connectivity index (χ3v) is 6.78. The Balaban J connectivity index is 1.82. The van der Waals surface area contributed by atoms with Gasteiger partial charge in [-0.25, -0.2) is 4.79 Å². The molecule has 1 aliphatic carbocycles. The predicted molar refractivity (Wildman–Crippen MR) is 110 cm³/mol. The van der Waals surface area contributed by atoms with Crippen LogP contribution < -0.4 is 0 Å². The van der Waals surface area contributed by atoms with Gasteiger partial charge in [-0.2, -0.15) is 0 Å². The summed E-state index contributed by atoms with van der Waals surface area (Å²) in [6.45, 7) is 7.90. The molecule has 0 radical (unpaired) electrons. The number of rotatable bonds is 5. The van der Waals surface area contributed by atoms with E-state index in [9.17, 15) is 9.90 Å². The monoisotopic (exact) mass is 382 g/mol. The molecule has 0 saturated heterocycles. The smallest absolute Gasteiger partial charge is 0.338 e. The van der Waals surface area contributed by atoms with Gasteiger partial charge in [-0.1, -0.05) is 48.6 Å². The van der Waals surface area contributed by atoms with Crippen LogP contribution in [0.2, 0.25) is 0 Å². The number of aliphatic hydroxyl groups is 1. The third-order valence-electron chi connectivity index (χ3n) is 5.28. The van der Waals surface area contributed by atoms with Gasteiger partial charge < -0.3 is 9.84 Å². The van der Waals surface area contributed by atoms with Gasteiger partial charge >= 0.3 is 5.97 Å². The fraction of sp³-hybridized carbons (Fsp3) is 0.348. The van der Waals surface area contributed by atoms with Gasteiger partial charge in [0.2, 0.25) is 0 Å². The zero-order valence-corrected chi connectivity index (χ0v) is 16.6. The Kier molecular flexibility index (Phi) is 6.08. The molecule has 142 valence electrons. The summed E-state index contributed by atoms with van der Waals surface area (Å²) in [6, 6.07) is 19.0. The van der Waals surface area contributed by atoms with Crippen molar-refractivity contribution in [2.45, 2.75) is 48.5 Å². The van der Waals surface area contributed by atoms with Crippen molar-refractivity contribution in [3.8, 4) is 0 Å². The van der Waals surface area contributed by atoms with E-state index in [0.29, 0.717) is 12.0 Å². The first-order valence-electron chi connectivity index (χ1n) is 9.23. The maximum absolute atomic E-state index is 12.6. The highest BCUT2D eigenvalue weighted by atomic mass is 32.2. The van der Waals surface area contributed by atoms with Crippen LogP contribution in [0.4, 0.5) is 0 Å². The largest absolute Gasteiger partial charge is 0.456 e. The van der Waals surface area contributed by atoms with Gasteiger partial charge in [0, 0.05) is 10.1 Å². The first kappa shape index (κ1) is 19.7. The molecule has 4 heteroatoms. The summed E-state index contributed by atoms with van der Waals surface area (Å²) in [4.78, 5) is 13.7. The number of thioether (sulfide) groups is 1. The van der Waals surface area contributed by atoms with Crippen LogP contribution in [-0.4, -0.2) is 28.0 Å². The second kappa shape index (κ2) is 8.32. The van der Waals surface area contributed by atoms with E-state index < -0.39 is 17.7 Å². The molecule has 4 atom stereocenters. The summed E-state index contributed by atoms with van der Waals surface area (Å²) in [6.07, 6.45) is 0.815. The summed E-state index contributed by atoms with van der Waals surface area (Å²) >= 11 is 1.64. The molecular formula is C23H26O3S. The molecule has 3 rings (SSSR count). The second-order valence-corrected chi connectivity index (χ2v) is 8.70. The molecule has 0 amide bonds. The molecular weight excluding hydrogens is 356 g/mol. The van der Waals surface area contributed by atoms with Crippen molar-refractivity contribution in [1.82, 2.24) is 0 Å². The molecule has 27 heavy (non-hydrogen) atoms. The van der Waals surface area contributed by atoms with Gasteiger partial charge in [0.05, 0.1) is 5.56 Å². The minimum Gasteiger partial charge on any atom is -0.456 e. The van der Waals surface area contributed by atoms with Crippen LogP contribution in [0, 0.1) is 5.92 Å². The van der Waals surface area contributed by atoms with Crippen molar-refractivity contribution in [2.24, 2.45) is 5.92 Å². The molecule has 1 aliphatic rings. The minimum absolute atomic E-state index is 0.0936. The molecule has 0 unspecified atom stereocenters. The van der Waals surface area contributed by atoms with Crippen molar-refractivity contribution in [3.05, 3.63) is 78.4 Å². The van der Waals surface area contributed by atoms with Crippen molar-refractivity contribution in [2.75, 3.05) is 0 Å². The van der Waals surface area contributed by atoms with Crippen LogP contribution in [-0.2, 0) is 4.74 Å². The SMILES string of the molecule is C=C(C)[C@@H]1C[C@H](OC(=O)c2ccccc2)[C@](C)(O)[C@@H](Sc2ccccc2)C1. The zero-order chi connectivity index (χ0) is 19.4. The van der Waals surface area contributed by atoms with Crippen LogP contribution >= 0.6 is 11.8 Å². The second-order valence-electron chi connectivity index (χ2n) is 7.42. The van der Waals surface area contributed by atoms with Crippen molar-refractivity contribution in [3.63, 3.8) is 0 Å². The molecule has 0 spiro atoms. The minimum atomic E-state index is -1.13. The van der Waals surface area contributed by atoms with Crippen LogP contribution in [0.1, 0.15) is 37.0 Å². The van der Waals surface area contributed by atoms with Crippen molar-refractivity contribution in [1.29, 1.82) is 0 Å². The van der Waals surface area contributed by atoms with E-state index >= 15 is 0 Å². The topological polar surface area (TPSA) is 46.5 Å². The number of carbonyl (C=O) groups excluding carboxylic acids is 1. The summed E-state index contributed by atoms with van der Waals surface area (Å²) in [5, 5.41) is 11.2. The van der Waals surface area contributed by atoms with E-state index in [-0.39, 0.29) is 11.2 Å². The van der Waals surface area contributed by atoms with E-state index in [4.69, 9.17) is 4.74 Å². The molecule has 1 N–H and O–H groups in total. The van der Waals surface area contributed by atoms with Gasteiger partial charge in [-0.05, 0) is 56.9 Å². The molecule has 1 fully saturated rings. The highest BCUT2D eigenvalue weighted by molar-refractivity contribution is 8.00. The summed E-state index contributed by atoms with van der Waals surface area (Å²) in [5.74, 6) is -0.188. The van der Waals surface area contributed by atoms with E-state index in [1.54, 1.807) is 43.0 Å². The number of hydrogen-bond donors (Lipinski definition) is 1. The number of carbonyl (C=O) groups is 1. The average molecular weight is 383 g/mol. The number of allylic oxidation sites excluding steroid dienone is 1. The third kappa shape index (κ3) is 4.63. The van der Waals surface area contributed by atoms with E-state index in [0.717, 1.165) is 16.9 Å². The van der Waals surface area contributed by atoms with E-state index in [1.807, 2.05) is 43.3 Å². The van der Waals surface area contributed by atoms with Gasteiger partial charge in [-0.3, -0.25) is 0 Å². The lowest BCUT2D eigenvalue weighted by molar-refractivity contribution is -0.0995. The summed E-state index contributed by atoms with van der Waals surface area (Å²) in [5.41, 5.74) is 0.430. The van der Waals surface area contributed by atoms with Gasteiger partial charge in [0.25, 0.3) is 0 Å². The summed E-state index contributed by atoms with van der Waals surface area (Å²) < 4.78 is 5.80. The predicted octanol–water partition coefficient (Wildman–Crippen LogP) is 5.11. The van der Waals surface area contributed by atoms with Crippen molar-refractivity contribution >= 4 is 17.7 Å². The Morgan fingerprint density at radius 3 is 2.30 bits per heavy atom. The fourth-order valence-corrected chi connectivity index (χ4v) is 4.83. The number of ether oxygens (including phenoxy) is 1. The Morgan fingerprint density at radius 2 is 1.70 bits per heavy atom. The average Bonchev–Trinajstić information content (AvgIpc) is 2.66. The Bertz CT molecular complexity index is 786. The maximum Gasteiger partial charge on any atom is 0.338 e. The van der Waals surface area contributed by atoms with Crippen LogP contribution in [0.3, 0.4) is 0 Å². The molecule has 0 heterocycles.